The molecule has 1 aromatic rings. The molecule has 0 saturated carbocycles. The first-order chi connectivity index (χ1) is 9.63. The molecule has 1 unspecified atom stereocenters. The van der Waals surface area contributed by atoms with Crippen molar-refractivity contribution in [3.05, 3.63) is 33.8 Å². The highest BCUT2D eigenvalue weighted by molar-refractivity contribution is 6.42. The number of rotatable bonds is 5. The third-order valence-electron chi connectivity index (χ3n) is 4.18. The fourth-order valence-corrected chi connectivity index (χ4v) is 3.29. The molecular weight excluding hydrogens is 297 g/mol. The Balaban J connectivity index is 2.21. The highest BCUT2D eigenvalue weighted by Gasteiger charge is 2.40. The van der Waals surface area contributed by atoms with Crippen molar-refractivity contribution in [3.63, 3.8) is 0 Å². The van der Waals surface area contributed by atoms with E-state index in [4.69, 9.17) is 32.7 Å². The summed E-state index contributed by atoms with van der Waals surface area (Å²) in [5.74, 6) is 0. The van der Waals surface area contributed by atoms with Crippen molar-refractivity contribution in [2.45, 2.75) is 30.9 Å². The van der Waals surface area contributed by atoms with E-state index in [0.29, 0.717) is 10.0 Å². The second-order valence-electron chi connectivity index (χ2n) is 5.14. The molecule has 1 aromatic carbocycles. The minimum absolute atomic E-state index is 0.173. The standard InChI is InChI=1S/C15H21Cl2NO2/c1-18-13(15(19-2)6-8-20-9-7-15)10-11-4-3-5-12(16)14(11)17/h3-5,13,18H,6-10H2,1-2H3. The number of hydrogen-bond donors (Lipinski definition) is 1. The van der Waals surface area contributed by atoms with E-state index in [2.05, 4.69) is 5.32 Å². The Morgan fingerprint density at radius 2 is 2.05 bits per heavy atom. The predicted octanol–water partition coefficient (Wildman–Crippen LogP) is 3.32. The first-order valence-corrected chi connectivity index (χ1v) is 7.61. The molecule has 112 valence electrons. The van der Waals surface area contributed by atoms with Gasteiger partial charge in [-0.3, -0.25) is 0 Å². The Morgan fingerprint density at radius 1 is 1.35 bits per heavy atom. The minimum Gasteiger partial charge on any atom is -0.381 e. The molecule has 2 rings (SSSR count). The molecule has 1 atom stereocenters. The monoisotopic (exact) mass is 317 g/mol. The summed E-state index contributed by atoms with van der Waals surface area (Å²) in [4.78, 5) is 0. The van der Waals surface area contributed by atoms with E-state index >= 15 is 0 Å². The lowest BCUT2D eigenvalue weighted by atomic mass is 9.82. The molecule has 1 aliphatic rings. The molecule has 1 heterocycles. The average Bonchev–Trinajstić information content (AvgIpc) is 2.49. The molecule has 0 amide bonds. The first-order valence-electron chi connectivity index (χ1n) is 6.86. The zero-order valence-electron chi connectivity index (χ0n) is 11.9. The summed E-state index contributed by atoms with van der Waals surface area (Å²) < 4.78 is 11.3. The van der Waals surface area contributed by atoms with E-state index in [0.717, 1.165) is 38.0 Å². The van der Waals surface area contributed by atoms with Gasteiger partial charge >= 0.3 is 0 Å². The van der Waals surface area contributed by atoms with E-state index in [1.807, 2.05) is 25.2 Å². The van der Waals surface area contributed by atoms with E-state index in [9.17, 15) is 0 Å². The molecule has 0 aliphatic carbocycles. The van der Waals surface area contributed by atoms with Gasteiger partial charge in [-0.2, -0.15) is 0 Å². The maximum atomic E-state index is 6.30. The lowest BCUT2D eigenvalue weighted by Crippen LogP contribution is -2.55. The number of nitrogens with one attached hydrogen (secondary N) is 1. The third kappa shape index (κ3) is 3.29. The van der Waals surface area contributed by atoms with Gasteiger partial charge in [-0.05, 0) is 25.1 Å². The number of methoxy groups -OCH3 is 1. The zero-order valence-corrected chi connectivity index (χ0v) is 13.4. The summed E-state index contributed by atoms with van der Waals surface area (Å²) in [6, 6.07) is 5.93. The number of benzene rings is 1. The van der Waals surface area contributed by atoms with Crippen LogP contribution < -0.4 is 5.32 Å². The lowest BCUT2D eigenvalue weighted by Gasteiger charge is -2.42. The predicted molar refractivity (Wildman–Crippen MR) is 82.8 cm³/mol. The van der Waals surface area contributed by atoms with Crippen molar-refractivity contribution in [2.75, 3.05) is 27.4 Å². The Labute approximate surface area is 130 Å². The summed E-state index contributed by atoms with van der Waals surface area (Å²) >= 11 is 12.4. The highest BCUT2D eigenvalue weighted by atomic mass is 35.5. The Morgan fingerprint density at radius 3 is 2.65 bits per heavy atom. The summed E-state index contributed by atoms with van der Waals surface area (Å²) in [7, 11) is 3.73. The Bertz CT molecular complexity index is 447. The van der Waals surface area contributed by atoms with Crippen LogP contribution in [0.5, 0.6) is 0 Å². The Kier molecular flexibility index (Phi) is 5.70. The first kappa shape index (κ1) is 16.1. The fourth-order valence-electron chi connectivity index (χ4n) is 2.89. The van der Waals surface area contributed by atoms with Gasteiger partial charge in [-0.15, -0.1) is 0 Å². The Hall–Kier alpha value is -0.320. The van der Waals surface area contributed by atoms with Gasteiger partial charge in [0.1, 0.15) is 0 Å². The van der Waals surface area contributed by atoms with Crippen LogP contribution in [0.2, 0.25) is 10.0 Å². The van der Waals surface area contributed by atoms with Crippen LogP contribution in [0.15, 0.2) is 18.2 Å². The SMILES string of the molecule is CNC(Cc1cccc(Cl)c1Cl)C1(OC)CCOCC1. The second-order valence-corrected chi connectivity index (χ2v) is 5.92. The van der Waals surface area contributed by atoms with Crippen LogP contribution in [0.3, 0.4) is 0 Å². The molecule has 5 heteroatoms. The van der Waals surface area contributed by atoms with Gasteiger partial charge in [-0.25, -0.2) is 0 Å². The van der Waals surface area contributed by atoms with E-state index in [-0.39, 0.29) is 11.6 Å². The molecule has 1 N–H and O–H groups in total. The zero-order chi connectivity index (χ0) is 14.6. The fraction of sp³-hybridized carbons (Fsp3) is 0.600. The summed E-state index contributed by atoms with van der Waals surface area (Å²) in [5, 5.41) is 4.60. The second kappa shape index (κ2) is 7.10. The van der Waals surface area contributed by atoms with Crippen molar-refractivity contribution in [3.8, 4) is 0 Å². The summed E-state index contributed by atoms with van der Waals surface area (Å²) in [5.41, 5.74) is 0.833. The molecule has 1 aliphatic heterocycles. The quantitative estimate of drug-likeness (QED) is 0.903. The van der Waals surface area contributed by atoms with Crippen LogP contribution in [0.1, 0.15) is 18.4 Å². The minimum atomic E-state index is -0.210. The van der Waals surface area contributed by atoms with Crippen LogP contribution in [-0.4, -0.2) is 39.0 Å². The van der Waals surface area contributed by atoms with Crippen molar-refractivity contribution < 1.29 is 9.47 Å². The van der Waals surface area contributed by atoms with E-state index in [1.54, 1.807) is 7.11 Å². The normalized spacial score (nSPS) is 19.8. The van der Waals surface area contributed by atoms with Crippen LogP contribution in [-0.2, 0) is 15.9 Å². The van der Waals surface area contributed by atoms with E-state index in [1.165, 1.54) is 0 Å². The number of ether oxygens (including phenoxy) is 2. The molecule has 1 saturated heterocycles. The third-order valence-corrected chi connectivity index (χ3v) is 5.04. The average molecular weight is 318 g/mol. The topological polar surface area (TPSA) is 30.5 Å². The summed E-state index contributed by atoms with van der Waals surface area (Å²) in [6.07, 6.45) is 2.55. The molecule has 1 fully saturated rings. The molecular formula is C15H21Cl2NO2. The molecule has 0 aromatic heterocycles. The van der Waals surface area contributed by atoms with Crippen LogP contribution in [0.25, 0.3) is 0 Å². The van der Waals surface area contributed by atoms with Crippen LogP contribution >= 0.6 is 23.2 Å². The number of likely N-dealkylation sites (N-methyl/N-ethyl adjacent to an activating group) is 1. The van der Waals surface area contributed by atoms with Gasteiger partial charge in [0.15, 0.2) is 0 Å². The highest BCUT2D eigenvalue weighted by Crippen LogP contribution is 2.33. The van der Waals surface area contributed by atoms with E-state index < -0.39 is 0 Å². The van der Waals surface area contributed by atoms with Crippen molar-refractivity contribution in [2.24, 2.45) is 0 Å². The van der Waals surface area contributed by atoms with Gasteiger partial charge < -0.3 is 14.8 Å². The molecule has 0 spiro atoms. The summed E-state index contributed by atoms with van der Waals surface area (Å²) in [6.45, 7) is 1.46. The van der Waals surface area contributed by atoms with Crippen molar-refractivity contribution in [1.82, 2.24) is 5.32 Å². The number of hydrogen-bond acceptors (Lipinski definition) is 3. The molecule has 0 bridgehead atoms. The van der Waals surface area contributed by atoms with Crippen molar-refractivity contribution in [1.29, 1.82) is 0 Å². The number of halogens is 2. The molecule has 20 heavy (non-hydrogen) atoms. The van der Waals surface area contributed by atoms with Gasteiger partial charge in [0.2, 0.25) is 0 Å². The molecule has 3 nitrogen and oxygen atoms in total. The van der Waals surface area contributed by atoms with Gasteiger partial charge in [0, 0.05) is 39.2 Å². The van der Waals surface area contributed by atoms with Gasteiger partial charge in [0.05, 0.1) is 15.6 Å². The van der Waals surface area contributed by atoms with Crippen LogP contribution in [0, 0.1) is 0 Å². The maximum absolute atomic E-state index is 6.30. The van der Waals surface area contributed by atoms with Crippen LogP contribution in [0.4, 0.5) is 0 Å². The smallest absolute Gasteiger partial charge is 0.0877 e. The van der Waals surface area contributed by atoms with Gasteiger partial charge in [-0.1, -0.05) is 35.3 Å². The van der Waals surface area contributed by atoms with Crippen molar-refractivity contribution >= 4 is 23.2 Å². The maximum Gasteiger partial charge on any atom is 0.0877 e. The largest absolute Gasteiger partial charge is 0.381 e. The molecule has 0 radical (unpaired) electrons. The van der Waals surface area contributed by atoms with Gasteiger partial charge in [0.25, 0.3) is 0 Å². The lowest BCUT2D eigenvalue weighted by molar-refractivity contribution is -0.109.